The number of halogens is 1. The molecular weight excluding hydrogens is 336 g/mol. The second-order valence-corrected chi connectivity index (χ2v) is 9.06. The molecule has 0 aromatic heterocycles. The van der Waals surface area contributed by atoms with E-state index >= 15 is 0 Å². The summed E-state index contributed by atoms with van der Waals surface area (Å²) in [7, 11) is -3.11. The van der Waals surface area contributed by atoms with Gasteiger partial charge < -0.3 is 4.74 Å². The van der Waals surface area contributed by atoms with Crippen LogP contribution in [0.5, 0.6) is 0 Å². The number of hydrogen-bond acceptors (Lipinski definition) is 4. The van der Waals surface area contributed by atoms with Crippen LogP contribution in [0, 0.1) is 5.92 Å². The number of benzene rings is 1. The van der Waals surface area contributed by atoms with E-state index in [1.54, 1.807) is 0 Å². The zero-order valence-corrected chi connectivity index (χ0v) is 14.9. The molecule has 3 rings (SSSR count). The Hall–Kier alpha value is -0.660. The van der Waals surface area contributed by atoms with Gasteiger partial charge in [0, 0.05) is 31.2 Å². The summed E-state index contributed by atoms with van der Waals surface area (Å²) in [5.74, 6) is 0.278. The Labute approximate surface area is 143 Å². The van der Waals surface area contributed by atoms with Crippen molar-refractivity contribution in [3.05, 3.63) is 34.9 Å². The predicted molar refractivity (Wildman–Crippen MR) is 91.0 cm³/mol. The normalized spacial score (nSPS) is 24.5. The maximum Gasteiger partial charge on any atom is 0.208 e. The number of rotatable bonds is 5. The number of ether oxygens (including phenoxy) is 1. The number of hydrogen-bond donors (Lipinski definition) is 1. The molecule has 1 atom stereocenters. The maximum atomic E-state index is 11.1. The molecule has 2 aliphatic heterocycles. The average Bonchev–Trinajstić information content (AvgIpc) is 2.46. The largest absolute Gasteiger partial charge is 0.372 e. The fraction of sp³-hybridized carbons (Fsp3) is 0.625. The summed E-state index contributed by atoms with van der Waals surface area (Å²) in [4.78, 5) is 2.37. The maximum absolute atomic E-state index is 11.1. The Bertz CT molecular complexity index is 632. The van der Waals surface area contributed by atoms with Crippen LogP contribution in [0.1, 0.15) is 18.4 Å². The first-order chi connectivity index (χ1) is 10.8. The van der Waals surface area contributed by atoms with E-state index in [1.807, 2.05) is 12.1 Å². The van der Waals surface area contributed by atoms with Gasteiger partial charge in [-0.25, -0.2) is 13.1 Å². The molecule has 5 nitrogen and oxygen atoms in total. The first-order valence-corrected chi connectivity index (χ1v) is 10.2. The van der Waals surface area contributed by atoms with Crippen LogP contribution in [0.15, 0.2) is 24.3 Å². The van der Waals surface area contributed by atoms with E-state index in [2.05, 4.69) is 21.8 Å². The Balaban J connectivity index is 1.42. The molecule has 0 saturated carbocycles. The second kappa shape index (κ2) is 6.69. The zero-order valence-electron chi connectivity index (χ0n) is 13.3. The molecule has 1 aromatic carbocycles. The van der Waals surface area contributed by atoms with Gasteiger partial charge in [0.1, 0.15) is 0 Å². The van der Waals surface area contributed by atoms with E-state index < -0.39 is 10.0 Å². The third kappa shape index (κ3) is 4.67. The van der Waals surface area contributed by atoms with Gasteiger partial charge in [0.15, 0.2) is 0 Å². The van der Waals surface area contributed by atoms with Crippen LogP contribution < -0.4 is 4.72 Å². The Morgan fingerprint density at radius 3 is 2.61 bits per heavy atom. The van der Waals surface area contributed by atoms with Gasteiger partial charge in [-0.2, -0.15) is 0 Å². The molecule has 0 amide bonds. The molecule has 1 spiro atoms. The molecule has 2 fully saturated rings. The van der Waals surface area contributed by atoms with Crippen LogP contribution in [-0.2, 0) is 21.3 Å². The molecule has 0 aliphatic carbocycles. The molecule has 0 bridgehead atoms. The van der Waals surface area contributed by atoms with Crippen molar-refractivity contribution in [3.63, 3.8) is 0 Å². The highest BCUT2D eigenvalue weighted by molar-refractivity contribution is 7.88. The van der Waals surface area contributed by atoms with Crippen molar-refractivity contribution in [3.8, 4) is 0 Å². The van der Waals surface area contributed by atoms with Crippen LogP contribution in [0.25, 0.3) is 0 Å². The fourth-order valence-electron chi connectivity index (χ4n) is 3.33. The first kappa shape index (κ1) is 17.2. The highest BCUT2D eigenvalue weighted by atomic mass is 35.5. The quantitative estimate of drug-likeness (QED) is 0.873. The summed E-state index contributed by atoms with van der Waals surface area (Å²) in [6.45, 7) is 3.92. The van der Waals surface area contributed by atoms with Gasteiger partial charge in [0.25, 0.3) is 0 Å². The smallest absolute Gasteiger partial charge is 0.208 e. The highest BCUT2D eigenvalue weighted by Crippen LogP contribution is 2.36. The molecule has 1 unspecified atom stereocenters. The molecule has 2 heterocycles. The van der Waals surface area contributed by atoms with E-state index in [-0.39, 0.29) is 11.5 Å². The number of sulfonamides is 1. The van der Waals surface area contributed by atoms with Gasteiger partial charge in [0.2, 0.25) is 10.0 Å². The van der Waals surface area contributed by atoms with Crippen molar-refractivity contribution in [1.29, 1.82) is 0 Å². The predicted octanol–water partition coefficient (Wildman–Crippen LogP) is 1.87. The summed E-state index contributed by atoms with van der Waals surface area (Å²) >= 11 is 5.90. The van der Waals surface area contributed by atoms with Crippen molar-refractivity contribution in [1.82, 2.24) is 9.62 Å². The van der Waals surface area contributed by atoms with Crippen molar-refractivity contribution in [2.75, 3.05) is 32.5 Å². The number of likely N-dealkylation sites (tertiary alicyclic amines) is 1. The van der Waals surface area contributed by atoms with Gasteiger partial charge in [-0.15, -0.1) is 0 Å². The molecule has 23 heavy (non-hydrogen) atoms. The van der Waals surface area contributed by atoms with Crippen LogP contribution in [-0.4, -0.2) is 51.4 Å². The molecule has 2 aliphatic rings. The van der Waals surface area contributed by atoms with Gasteiger partial charge >= 0.3 is 0 Å². The standard InChI is InChI=1S/C16H23ClN2O3S/c1-23(20,21)18-8-14-6-7-16(22-10-14)11-19(12-16)9-13-2-4-15(17)5-3-13/h2-5,14,18H,6-12H2,1H3. The third-order valence-corrected chi connectivity index (χ3v) is 5.55. The third-order valence-electron chi connectivity index (χ3n) is 4.61. The Morgan fingerprint density at radius 2 is 2.04 bits per heavy atom. The van der Waals surface area contributed by atoms with Gasteiger partial charge in [-0.3, -0.25) is 4.90 Å². The van der Waals surface area contributed by atoms with Crippen LogP contribution in [0.3, 0.4) is 0 Å². The van der Waals surface area contributed by atoms with Crippen LogP contribution in [0.4, 0.5) is 0 Å². The molecule has 128 valence electrons. The lowest BCUT2D eigenvalue weighted by Gasteiger charge is -2.53. The Kier molecular flexibility index (Phi) is 4.99. The summed E-state index contributed by atoms with van der Waals surface area (Å²) < 4.78 is 30.9. The second-order valence-electron chi connectivity index (χ2n) is 6.79. The van der Waals surface area contributed by atoms with Crippen molar-refractivity contribution in [2.24, 2.45) is 5.92 Å². The molecule has 2 saturated heterocycles. The van der Waals surface area contributed by atoms with Crippen molar-refractivity contribution in [2.45, 2.75) is 25.0 Å². The highest BCUT2D eigenvalue weighted by Gasteiger charge is 2.46. The topological polar surface area (TPSA) is 58.6 Å². The minimum atomic E-state index is -3.11. The zero-order chi connectivity index (χ0) is 16.5. The number of nitrogens with one attached hydrogen (secondary N) is 1. The van der Waals surface area contributed by atoms with E-state index in [9.17, 15) is 8.42 Å². The monoisotopic (exact) mass is 358 g/mol. The SMILES string of the molecule is CS(=O)(=O)NCC1CCC2(CN(Cc3ccc(Cl)cc3)C2)OC1. The summed E-state index contributed by atoms with van der Waals surface area (Å²) in [5, 5.41) is 0.762. The lowest BCUT2D eigenvalue weighted by molar-refractivity contribution is -0.181. The first-order valence-electron chi connectivity index (χ1n) is 7.89. The van der Waals surface area contributed by atoms with E-state index in [0.29, 0.717) is 13.2 Å². The van der Waals surface area contributed by atoms with Gasteiger partial charge in [0.05, 0.1) is 18.5 Å². The summed E-state index contributed by atoms with van der Waals surface area (Å²) in [5.41, 5.74) is 1.24. The van der Waals surface area contributed by atoms with Crippen LogP contribution in [0.2, 0.25) is 5.02 Å². The van der Waals surface area contributed by atoms with Crippen molar-refractivity contribution < 1.29 is 13.2 Å². The van der Waals surface area contributed by atoms with E-state index in [1.165, 1.54) is 11.8 Å². The van der Waals surface area contributed by atoms with Crippen molar-refractivity contribution >= 4 is 21.6 Å². The minimum absolute atomic E-state index is 0.0198. The fourth-order valence-corrected chi connectivity index (χ4v) is 3.99. The molecular formula is C16H23ClN2O3S. The molecule has 1 aromatic rings. The Morgan fingerprint density at radius 1 is 1.35 bits per heavy atom. The minimum Gasteiger partial charge on any atom is -0.372 e. The number of nitrogens with zero attached hydrogens (tertiary/aromatic N) is 1. The molecule has 0 radical (unpaired) electrons. The van der Waals surface area contributed by atoms with E-state index in [4.69, 9.17) is 16.3 Å². The molecule has 1 N–H and O–H groups in total. The molecule has 7 heteroatoms. The average molecular weight is 359 g/mol. The summed E-state index contributed by atoms with van der Waals surface area (Å²) in [6, 6.07) is 7.95. The van der Waals surface area contributed by atoms with Gasteiger partial charge in [-0.05, 0) is 36.5 Å². The van der Waals surface area contributed by atoms with Crippen LogP contribution >= 0.6 is 11.6 Å². The summed E-state index contributed by atoms with van der Waals surface area (Å²) in [6.07, 6.45) is 3.20. The van der Waals surface area contributed by atoms with Gasteiger partial charge in [-0.1, -0.05) is 23.7 Å². The lowest BCUT2D eigenvalue weighted by atomic mass is 9.83. The van der Waals surface area contributed by atoms with E-state index in [0.717, 1.165) is 37.5 Å². The lowest BCUT2D eigenvalue weighted by Crippen LogP contribution is -2.64.